The lowest BCUT2D eigenvalue weighted by Gasteiger charge is -2.27. The molecule has 0 radical (unpaired) electrons. The molecule has 2 heterocycles. The van der Waals surface area contributed by atoms with Crippen LogP contribution in [0.3, 0.4) is 0 Å². The highest BCUT2D eigenvalue weighted by atomic mass is 127. The molecule has 0 spiro atoms. The molecule has 1 aliphatic rings. The fourth-order valence-electron chi connectivity index (χ4n) is 2.68. The van der Waals surface area contributed by atoms with E-state index in [1.165, 1.54) is 10.4 Å². The SMILES string of the molecule is CN=C(NCCN1CCc2sccc2C1)NCC(=O)NC(C)(C)C.I. The second-order valence-corrected chi connectivity index (χ2v) is 8.05. The molecule has 0 aromatic carbocycles. The Labute approximate surface area is 171 Å². The third-order valence-corrected chi connectivity index (χ3v) is 4.78. The molecule has 0 aliphatic carbocycles. The van der Waals surface area contributed by atoms with Gasteiger partial charge in [0.15, 0.2) is 5.96 Å². The van der Waals surface area contributed by atoms with Crippen LogP contribution in [-0.4, -0.2) is 55.5 Å². The van der Waals surface area contributed by atoms with Gasteiger partial charge in [0.1, 0.15) is 0 Å². The molecule has 0 saturated carbocycles. The van der Waals surface area contributed by atoms with Gasteiger partial charge in [0.05, 0.1) is 6.54 Å². The summed E-state index contributed by atoms with van der Waals surface area (Å²) in [4.78, 5) is 20.0. The van der Waals surface area contributed by atoms with E-state index in [0.717, 1.165) is 32.6 Å². The highest BCUT2D eigenvalue weighted by molar-refractivity contribution is 14.0. The molecule has 0 atom stereocenters. The number of amides is 1. The van der Waals surface area contributed by atoms with Gasteiger partial charge in [-0.25, -0.2) is 0 Å². The lowest BCUT2D eigenvalue weighted by atomic mass is 10.1. The van der Waals surface area contributed by atoms with E-state index in [0.29, 0.717) is 5.96 Å². The molecule has 8 heteroatoms. The lowest BCUT2D eigenvalue weighted by Crippen LogP contribution is -2.49. The van der Waals surface area contributed by atoms with Gasteiger partial charge >= 0.3 is 0 Å². The molecule has 1 aromatic rings. The van der Waals surface area contributed by atoms with Crippen molar-refractivity contribution < 1.29 is 4.79 Å². The average Bonchev–Trinajstić information content (AvgIpc) is 2.96. The molecular weight excluding hydrogens is 449 g/mol. The van der Waals surface area contributed by atoms with Crippen LogP contribution >= 0.6 is 35.3 Å². The molecule has 142 valence electrons. The quantitative estimate of drug-likeness (QED) is 0.343. The number of halogens is 1. The van der Waals surface area contributed by atoms with E-state index in [-0.39, 0.29) is 42.0 Å². The van der Waals surface area contributed by atoms with E-state index in [1.807, 2.05) is 32.1 Å². The van der Waals surface area contributed by atoms with Gasteiger partial charge in [-0.3, -0.25) is 14.7 Å². The minimum Gasteiger partial charge on any atom is -0.355 e. The number of rotatable bonds is 5. The van der Waals surface area contributed by atoms with Crippen LogP contribution in [0.1, 0.15) is 31.2 Å². The first-order chi connectivity index (χ1) is 11.4. The van der Waals surface area contributed by atoms with Crippen LogP contribution in [0.2, 0.25) is 0 Å². The number of carbonyl (C=O) groups excluding carboxylic acids is 1. The van der Waals surface area contributed by atoms with Crippen molar-refractivity contribution in [1.29, 1.82) is 0 Å². The zero-order valence-electron chi connectivity index (χ0n) is 15.5. The van der Waals surface area contributed by atoms with Gasteiger partial charge in [-0.15, -0.1) is 35.3 Å². The van der Waals surface area contributed by atoms with Crippen molar-refractivity contribution in [3.63, 3.8) is 0 Å². The third kappa shape index (κ3) is 7.91. The maximum Gasteiger partial charge on any atom is 0.239 e. The molecule has 1 aliphatic heterocycles. The summed E-state index contributed by atoms with van der Waals surface area (Å²) in [5.74, 6) is 0.624. The number of carbonyl (C=O) groups is 1. The molecule has 25 heavy (non-hydrogen) atoms. The van der Waals surface area contributed by atoms with Gasteiger partial charge in [-0.2, -0.15) is 0 Å². The van der Waals surface area contributed by atoms with Crippen LogP contribution in [0.25, 0.3) is 0 Å². The molecule has 0 bridgehead atoms. The van der Waals surface area contributed by atoms with E-state index in [1.54, 1.807) is 7.05 Å². The summed E-state index contributed by atoms with van der Waals surface area (Å²) in [5.41, 5.74) is 1.25. The third-order valence-electron chi connectivity index (χ3n) is 3.76. The minimum absolute atomic E-state index is 0. The molecule has 2 rings (SSSR count). The first-order valence-electron chi connectivity index (χ1n) is 8.40. The number of nitrogens with one attached hydrogen (secondary N) is 3. The van der Waals surface area contributed by atoms with E-state index >= 15 is 0 Å². The second kappa shape index (κ2) is 10.3. The Hall–Kier alpha value is -0.870. The molecular formula is C17H30IN5OS. The summed E-state index contributed by atoms with van der Waals surface area (Å²) in [6.07, 6.45) is 1.15. The first kappa shape index (κ1) is 22.2. The Balaban J connectivity index is 0.00000312. The van der Waals surface area contributed by atoms with Crippen molar-refractivity contribution in [1.82, 2.24) is 20.9 Å². The monoisotopic (exact) mass is 479 g/mol. The minimum atomic E-state index is -0.218. The van der Waals surface area contributed by atoms with E-state index in [9.17, 15) is 4.79 Å². The number of hydrogen-bond donors (Lipinski definition) is 3. The first-order valence-corrected chi connectivity index (χ1v) is 9.28. The largest absolute Gasteiger partial charge is 0.355 e. The fraction of sp³-hybridized carbons (Fsp3) is 0.647. The highest BCUT2D eigenvalue weighted by Crippen LogP contribution is 2.23. The number of guanidine groups is 1. The summed E-state index contributed by atoms with van der Waals surface area (Å²) in [6.45, 7) is 10.0. The number of aliphatic imine (C=N–C) groups is 1. The van der Waals surface area contributed by atoms with Gasteiger partial charge < -0.3 is 16.0 Å². The van der Waals surface area contributed by atoms with Crippen LogP contribution in [-0.2, 0) is 17.8 Å². The zero-order valence-corrected chi connectivity index (χ0v) is 18.7. The van der Waals surface area contributed by atoms with E-state index in [2.05, 4.69) is 37.3 Å². The van der Waals surface area contributed by atoms with Crippen molar-refractivity contribution in [2.75, 3.05) is 33.2 Å². The van der Waals surface area contributed by atoms with Crippen LogP contribution in [0.5, 0.6) is 0 Å². The zero-order chi connectivity index (χ0) is 17.6. The Morgan fingerprint density at radius 2 is 2.12 bits per heavy atom. The van der Waals surface area contributed by atoms with Crippen molar-refractivity contribution in [3.05, 3.63) is 21.9 Å². The normalized spacial score (nSPS) is 15.1. The van der Waals surface area contributed by atoms with Crippen LogP contribution in [0.4, 0.5) is 0 Å². The Morgan fingerprint density at radius 3 is 2.80 bits per heavy atom. The Bertz CT molecular complexity index is 582. The highest BCUT2D eigenvalue weighted by Gasteiger charge is 2.17. The van der Waals surface area contributed by atoms with Gasteiger partial charge in [0.2, 0.25) is 5.91 Å². The molecule has 0 saturated heterocycles. The fourth-order valence-corrected chi connectivity index (χ4v) is 3.57. The van der Waals surface area contributed by atoms with Crippen LogP contribution < -0.4 is 16.0 Å². The smallest absolute Gasteiger partial charge is 0.239 e. The number of thiophene rings is 1. The van der Waals surface area contributed by atoms with Gasteiger partial charge in [-0.1, -0.05) is 0 Å². The maximum atomic E-state index is 11.8. The average molecular weight is 479 g/mol. The van der Waals surface area contributed by atoms with Gasteiger partial charge in [0.25, 0.3) is 0 Å². The number of hydrogen-bond acceptors (Lipinski definition) is 4. The topological polar surface area (TPSA) is 68.8 Å². The van der Waals surface area contributed by atoms with E-state index in [4.69, 9.17) is 0 Å². The Kier molecular flexibility index (Phi) is 9.15. The van der Waals surface area contributed by atoms with Crippen molar-refractivity contribution in [3.8, 4) is 0 Å². The van der Waals surface area contributed by atoms with E-state index < -0.39 is 0 Å². The van der Waals surface area contributed by atoms with Gasteiger partial charge in [0, 0.05) is 43.6 Å². The molecule has 0 fully saturated rings. The molecule has 1 amide bonds. The van der Waals surface area contributed by atoms with Crippen LogP contribution in [0.15, 0.2) is 16.4 Å². The van der Waals surface area contributed by atoms with Crippen molar-refractivity contribution >= 4 is 47.2 Å². The summed E-state index contributed by atoms with van der Waals surface area (Å²) >= 11 is 1.86. The molecule has 6 nitrogen and oxygen atoms in total. The van der Waals surface area contributed by atoms with Crippen molar-refractivity contribution in [2.24, 2.45) is 4.99 Å². The van der Waals surface area contributed by atoms with Crippen molar-refractivity contribution in [2.45, 2.75) is 39.3 Å². The Morgan fingerprint density at radius 1 is 1.36 bits per heavy atom. The van der Waals surface area contributed by atoms with Gasteiger partial charge in [-0.05, 0) is 44.2 Å². The number of nitrogens with zero attached hydrogens (tertiary/aromatic N) is 2. The maximum absolute atomic E-state index is 11.8. The van der Waals surface area contributed by atoms with Crippen LogP contribution in [0, 0.1) is 0 Å². The predicted molar refractivity (Wildman–Crippen MR) is 116 cm³/mol. The number of fused-ring (bicyclic) bond motifs is 1. The molecule has 1 aromatic heterocycles. The summed E-state index contributed by atoms with van der Waals surface area (Å²) < 4.78 is 0. The summed E-state index contributed by atoms with van der Waals surface area (Å²) in [6, 6.07) is 2.23. The molecule has 0 unspecified atom stereocenters. The summed E-state index contributed by atoms with van der Waals surface area (Å²) in [5, 5.41) is 11.4. The predicted octanol–water partition coefficient (Wildman–Crippen LogP) is 1.80. The summed E-state index contributed by atoms with van der Waals surface area (Å²) in [7, 11) is 1.72. The second-order valence-electron chi connectivity index (χ2n) is 7.05. The molecule has 3 N–H and O–H groups in total. The standard InChI is InChI=1S/C17H29N5OS.HI/c1-17(2,3)21-15(23)11-20-16(18-4)19-7-9-22-8-5-14-13(12-22)6-10-24-14;/h6,10H,5,7-9,11-12H2,1-4H3,(H,21,23)(H2,18,19,20);1H. The lowest BCUT2D eigenvalue weighted by molar-refractivity contribution is -0.121.